The van der Waals surface area contributed by atoms with E-state index in [1.165, 1.54) is 6.07 Å². The third-order valence-corrected chi connectivity index (χ3v) is 3.88. The minimum Gasteiger partial charge on any atom is -0.454 e. The first kappa shape index (κ1) is 12.9. The fourth-order valence-corrected chi connectivity index (χ4v) is 2.59. The average Bonchev–Trinajstić information content (AvgIpc) is 2.47. The number of nitrogen functional groups attached to an aromatic ring is 1. The van der Waals surface area contributed by atoms with Crippen LogP contribution in [0.1, 0.15) is 0 Å². The van der Waals surface area contributed by atoms with Crippen LogP contribution in [0.2, 0.25) is 0 Å². The lowest BCUT2D eigenvalue weighted by Crippen LogP contribution is -1.95. The van der Waals surface area contributed by atoms with Crippen LogP contribution in [0, 0.1) is 5.82 Å². The first-order valence-electron chi connectivity index (χ1n) is 6.06. The fourth-order valence-electron chi connectivity index (χ4n) is 2.02. The predicted octanol–water partition coefficient (Wildman–Crippen LogP) is 5.12. The van der Waals surface area contributed by atoms with Gasteiger partial charge in [0.15, 0.2) is 5.75 Å². The Morgan fingerprint density at radius 1 is 0.900 bits per heavy atom. The van der Waals surface area contributed by atoms with Crippen LogP contribution >= 0.6 is 15.9 Å². The standard InChI is InChI=1S/C16H11BrFNO/c17-15-11-5-2-1-4-10(11)8-9-13(15)20-14-7-3-6-12(18)16(14)19/h1-9H,19H2. The Morgan fingerprint density at radius 2 is 1.70 bits per heavy atom. The molecule has 0 amide bonds. The topological polar surface area (TPSA) is 35.2 Å². The zero-order valence-electron chi connectivity index (χ0n) is 10.4. The molecule has 0 fully saturated rings. The van der Waals surface area contributed by atoms with Crippen LogP contribution in [0.15, 0.2) is 59.1 Å². The fraction of sp³-hybridized carbons (Fsp3) is 0. The van der Waals surface area contributed by atoms with Crippen molar-refractivity contribution in [1.29, 1.82) is 0 Å². The van der Waals surface area contributed by atoms with E-state index in [1.807, 2.05) is 36.4 Å². The maximum Gasteiger partial charge on any atom is 0.153 e. The van der Waals surface area contributed by atoms with Crippen LogP contribution in [-0.4, -0.2) is 0 Å². The molecule has 3 aromatic carbocycles. The van der Waals surface area contributed by atoms with Gasteiger partial charge in [-0.1, -0.05) is 36.4 Å². The van der Waals surface area contributed by atoms with Gasteiger partial charge in [0, 0.05) is 0 Å². The van der Waals surface area contributed by atoms with Crippen molar-refractivity contribution in [2.24, 2.45) is 0 Å². The molecular weight excluding hydrogens is 321 g/mol. The van der Waals surface area contributed by atoms with Crippen molar-refractivity contribution in [3.63, 3.8) is 0 Å². The molecule has 0 heterocycles. The summed E-state index contributed by atoms with van der Waals surface area (Å²) in [4.78, 5) is 0. The highest BCUT2D eigenvalue weighted by atomic mass is 79.9. The van der Waals surface area contributed by atoms with E-state index in [1.54, 1.807) is 12.1 Å². The number of fused-ring (bicyclic) bond motifs is 1. The van der Waals surface area contributed by atoms with E-state index in [0.717, 1.165) is 15.2 Å². The number of hydrogen-bond donors (Lipinski definition) is 1. The van der Waals surface area contributed by atoms with Crippen LogP contribution in [0.5, 0.6) is 11.5 Å². The van der Waals surface area contributed by atoms with E-state index >= 15 is 0 Å². The van der Waals surface area contributed by atoms with E-state index in [0.29, 0.717) is 11.5 Å². The number of ether oxygens (including phenoxy) is 1. The van der Waals surface area contributed by atoms with Crippen LogP contribution in [-0.2, 0) is 0 Å². The normalized spacial score (nSPS) is 10.7. The third kappa shape index (κ3) is 2.23. The molecule has 0 bridgehead atoms. The van der Waals surface area contributed by atoms with Gasteiger partial charge in [-0.2, -0.15) is 0 Å². The quantitative estimate of drug-likeness (QED) is 0.662. The lowest BCUT2D eigenvalue weighted by Gasteiger charge is -2.12. The van der Waals surface area contributed by atoms with Crippen molar-refractivity contribution in [1.82, 2.24) is 0 Å². The highest BCUT2D eigenvalue weighted by molar-refractivity contribution is 9.10. The summed E-state index contributed by atoms with van der Waals surface area (Å²) in [7, 11) is 0. The van der Waals surface area contributed by atoms with Crippen molar-refractivity contribution in [2.45, 2.75) is 0 Å². The molecule has 3 rings (SSSR count). The number of anilines is 1. The van der Waals surface area contributed by atoms with Gasteiger partial charge in [-0.05, 0) is 44.9 Å². The van der Waals surface area contributed by atoms with Crippen LogP contribution < -0.4 is 10.5 Å². The number of nitrogens with two attached hydrogens (primary N) is 1. The van der Waals surface area contributed by atoms with Crippen LogP contribution in [0.4, 0.5) is 10.1 Å². The SMILES string of the molecule is Nc1c(F)cccc1Oc1ccc2ccccc2c1Br. The van der Waals surface area contributed by atoms with Gasteiger partial charge in [-0.25, -0.2) is 4.39 Å². The zero-order valence-corrected chi connectivity index (χ0v) is 12.0. The monoisotopic (exact) mass is 331 g/mol. The van der Waals surface area contributed by atoms with Crippen LogP contribution in [0.25, 0.3) is 10.8 Å². The number of halogens is 2. The lowest BCUT2D eigenvalue weighted by atomic mass is 10.1. The minimum absolute atomic E-state index is 0.00700. The van der Waals surface area contributed by atoms with Gasteiger partial charge in [0.1, 0.15) is 17.3 Å². The Kier molecular flexibility index (Phi) is 3.32. The van der Waals surface area contributed by atoms with Gasteiger partial charge in [-0.3, -0.25) is 0 Å². The van der Waals surface area contributed by atoms with E-state index < -0.39 is 5.82 Å². The Labute approximate surface area is 124 Å². The molecular formula is C16H11BrFNO. The summed E-state index contributed by atoms with van der Waals surface area (Å²) in [6.45, 7) is 0. The summed E-state index contributed by atoms with van der Waals surface area (Å²) in [5.41, 5.74) is 5.68. The molecule has 100 valence electrons. The molecule has 20 heavy (non-hydrogen) atoms. The van der Waals surface area contributed by atoms with Gasteiger partial charge < -0.3 is 10.5 Å². The summed E-state index contributed by atoms with van der Waals surface area (Å²) in [5, 5.41) is 2.12. The number of rotatable bonds is 2. The largest absolute Gasteiger partial charge is 0.454 e. The summed E-state index contributed by atoms with van der Waals surface area (Å²) < 4.78 is 20.0. The van der Waals surface area contributed by atoms with E-state index in [9.17, 15) is 4.39 Å². The Bertz CT molecular complexity index is 789. The van der Waals surface area contributed by atoms with Gasteiger partial charge in [0.05, 0.1) is 4.47 Å². The van der Waals surface area contributed by atoms with E-state index in [4.69, 9.17) is 10.5 Å². The smallest absolute Gasteiger partial charge is 0.153 e. The number of hydrogen-bond acceptors (Lipinski definition) is 2. The minimum atomic E-state index is -0.487. The van der Waals surface area contributed by atoms with E-state index in [-0.39, 0.29) is 5.69 Å². The molecule has 0 saturated carbocycles. The number of benzene rings is 3. The molecule has 2 nitrogen and oxygen atoms in total. The molecule has 0 aliphatic rings. The summed E-state index contributed by atoms with van der Waals surface area (Å²) in [6, 6.07) is 16.2. The first-order chi connectivity index (χ1) is 9.66. The zero-order chi connectivity index (χ0) is 14.1. The molecule has 2 N–H and O–H groups in total. The summed E-state index contributed by atoms with van der Waals surface area (Å²) >= 11 is 3.52. The van der Waals surface area contributed by atoms with Crippen molar-refractivity contribution >= 4 is 32.4 Å². The van der Waals surface area contributed by atoms with Crippen molar-refractivity contribution < 1.29 is 9.13 Å². The molecule has 0 radical (unpaired) electrons. The molecule has 3 aromatic rings. The van der Waals surface area contributed by atoms with Gasteiger partial charge in [0.2, 0.25) is 0 Å². The second-order valence-electron chi connectivity index (χ2n) is 4.35. The highest BCUT2D eigenvalue weighted by Crippen LogP contribution is 2.37. The van der Waals surface area contributed by atoms with E-state index in [2.05, 4.69) is 15.9 Å². The maximum absolute atomic E-state index is 13.4. The highest BCUT2D eigenvalue weighted by Gasteiger charge is 2.10. The molecule has 0 aromatic heterocycles. The maximum atomic E-state index is 13.4. The third-order valence-electron chi connectivity index (χ3n) is 3.06. The number of para-hydroxylation sites is 1. The molecule has 0 unspecified atom stereocenters. The molecule has 0 saturated heterocycles. The van der Waals surface area contributed by atoms with Crippen molar-refractivity contribution in [3.05, 3.63) is 64.9 Å². The Hall–Kier alpha value is -2.07. The van der Waals surface area contributed by atoms with Crippen molar-refractivity contribution in [3.8, 4) is 11.5 Å². The second-order valence-corrected chi connectivity index (χ2v) is 5.15. The second kappa shape index (κ2) is 5.13. The average molecular weight is 332 g/mol. The predicted molar refractivity (Wildman–Crippen MR) is 82.5 cm³/mol. The first-order valence-corrected chi connectivity index (χ1v) is 6.85. The van der Waals surface area contributed by atoms with Gasteiger partial charge >= 0.3 is 0 Å². The molecule has 0 aliphatic carbocycles. The van der Waals surface area contributed by atoms with Crippen molar-refractivity contribution in [2.75, 3.05) is 5.73 Å². The Balaban J connectivity index is 2.07. The van der Waals surface area contributed by atoms with Gasteiger partial charge in [0.25, 0.3) is 0 Å². The molecule has 4 heteroatoms. The van der Waals surface area contributed by atoms with Gasteiger partial charge in [-0.15, -0.1) is 0 Å². The van der Waals surface area contributed by atoms with Crippen LogP contribution in [0.3, 0.4) is 0 Å². The Morgan fingerprint density at radius 3 is 2.55 bits per heavy atom. The molecule has 0 aliphatic heterocycles. The summed E-state index contributed by atoms with van der Waals surface area (Å²) in [5.74, 6) is 0.418. The molecule has 0 spiro atoms. The lowest BCUT2D eigenvalue weighted by molar-refractivity contribution is 0.478. The molecule has 0 atom stereocenters. The summed E-state index contributed by atoms with van der Waals surface area (Å²) in [6.07, 6.45) is 0.